The number of hydrogen-bond donors (Lipinski definition) is 1. The van der Waals surface area contributed by atoms with Gasteiger partial charge in [0.15, 0.2) is 5.69 Å². The Morgan fingerprint density at radius 1 is 1.13 bits per heavy atom. The van der Waals surface area contributed by atoms with E-state index in [2.05, 4.69) is 15.6 Å². The number of carbonyl (C=O) groups excluding carboxylic acids is 1. The highest BCUT2D eigenvalue weighted by Crippen LogP contribution is 2.14. The van der Waals surface area contributed by atoms with Crippen LogP contribution in [0, 0.1) is 11.3 Å². The number of nitrogens with zero attached hydrogens (tertiary/aromatic N) is 4. The Balaban J connectivity index is 1.75. The van der Waals surface area contributed by atoms with E-state index in [4.69, 9.17) is 16.9 Å². The summed E-state index contributed by atoms with van der Waals surface area (Å²) in [5.74, 6) is -0.380. The van der Waals surface area contributed by atoms with Gasteiger partial charge < -0.3 is 5.32 Å². The van der Waals surface area contributed by atoms with E-state index in [-0.39, 0.29) is 11.6 Å². The smallest absolute Gasteiger partial charge is 0.277 e. The molecule has 0 fully saturated rings. The lowest BCUT2D eigenvalue weighted by atomic mass is 10.2. The number of amides is 1. The lowest BCUT2D eigenvalue weighted by Crippen LogP contribution is -2.12. The van der Waals surface area contributed by atoms with Gasteiger partial charge in [-0.2, -0.15) is 5.26 Å². The van der Waals surface area contributed by atoms with Crippen molar-refractivity contribution in [1.29, 1.82) is 5.26 Å². The maximum absolute atomic E-state index is 12.2. The molecule has 0 aliphatic carbocycles. The van der Waals surface area contributed by atoms with E-state index >= 15 is 0 Å². The summed E-state index contributed by atoms with van der Waals surface area (Å²) in [5, 5.41) is 19.9. The van der Waals surface area contributed by atoms with Gasteiger partial charge >= 0.3 is 0 Å². The highest BCUT2D eigenvalue weighted by atomic mass is 35.5. The van der Waals surface area contributed by atoms with Crippen molar-refractivity contribution in [2.45, 2.75) is 0 Å². The predicted molar refractivity (Wildman–Crippen MR) is 85.5 cm³/mol. The van der Waals surface area contributed by atoms with Crippen LogP contribution in [0.5, 0.6) is 0 Å². The zero-order valence-electron chi connectivity index (χ0n) is 11.8. The second-order valence-corrected chi connectivity index (χ2v) is 5.10. The van der Waals surface area contributed by atoms with Crippen molar-refractivity contribution in [3.05, 3.63) is 71.0 Å². The minimum Gasteiger partial charge on any atom is -0.321 e. The number of nitriles is 1. The third kappa shape index (κ3) is 3.36. The number of nitrogens with one attached hydrogen (secondary N) is 1. The van der Waals surface area contributed by atoms with Crippen LogP contribution in [0.3, 0.4) is 0 Å². The van der Waals surface area contributed by atoms with Gasteiger partial charge in [0.25, 0.3) is 5.91 Å². The molecule has 0 saturated heterocycles. The van der Waals surface area contributed by atoms with Gasteiger partial charge in [-0.05, 0) is 48.5 Å². The molecule has 1 N–H and O–H groups in total. The third-order valence-corrected chi connectivity index (χ3v) is 3.34. The SMILES string of the molecule is N#Cc1ccc(NC(=O)c2cn(-c3ccc(Cl)cc3)nn2)cc1. The summed E-state index contributed by atoms with van der Waals surface area (Å²) >= 11 is 5.84. The van der Waals surface area contributed by atoms with Crippen molar-refractivity contribution in [3.8, 4) is 11.8 Å². The molecule has 7 heteroatoms. The van der Waals surface area contributed by atoms with E-state index in [0.29, 0.717) is 16.3 Å². The van der Waals surface area contributed by atoms with Crippen molar-refractivity contribution in [3.63, 3.8) is 0 Å². The molecule has 0 unspecified atom stereocenters. The fourth-order valence-electron chi connectivity index (χ4n) is 1.91. The molecule has 3 rings (SSSR count). The van der Waals surface area contributed by atoms with Gasteiger partial charge in [0.05, 0.1) is 23.5 Å². The molecule has 0 bridgehead atoms. The minimum absolute atomic E-state index is 0.185. The Morgan fingerprint density at radius 3 is 2.48 bits per heavy atom. The lowest BCUT2D eigenvalue weighted by Gasteiger charge is -2.02. The van der Waals surface area contributed by atoms with Crippen LogP contribution in [0.4, 0.5) is 5.69 Å². The summed E-state index contributed by atoms with van der Waals surface area (Å²) in [7, 11) is 0. The van der Waals surface area contributed by atoms with Crippen LogP contribution in [0.2, 0.25) is 5.02 Å². The van der Waals surface area contributed by atoms with E-state index in [1.165, 1.54) is 10.9 Å². The summed E-state index contributed by atoms with van der Waals surface area (Å²) in [6.45, 7) is 0. The second kappa shape index (κ2) is 6.30. The number of carbonyl (C=O) groups is 1. The average molecular weight is 324 g/mol. The molecule has 3 aromatic rings. The summed E-state index contributed by atoms with van der Waals surface area (Å²) in [5.41, 5.74) is 2.04. The molecule has 0 radical (unpaired) electrons. The van der Waals surface area contributed by atoms with Crippen LogP contribution in [-0.4, -0.2) is 20.9 Å². The van der Waals surface area contributed by atoms with Crippen LogP contribution in [0.1, 0.15) is 16.1 Å². The third-order valence-electron chi connectivity index (χ3n) is 3.09. The summed E-state index contributed by atoms with van der Waals surface area (Å²) in [6.07, 6.45) is 1.53. The van der Waals surface area contributed by atoms with E-state index in [0.717, 1.165) is 5.69 Å². The predicted octanol–water partition coefficient (Wildman–Crippen LogP) is 3.04. The maximum Gasteiger partial charge on any atom is 0.277 e. The summed E-state index contributed by atoms with van der Waals surface area (Å²) in [6, 6.07) is 15.6. The highest BCUT2D eigenvalue weighted by Gasteiger charge is 2.12. The van der Waals surface area contributed by atoms with Crippen LogP contribution < -0.4 is 5.32 Å². The van der Waals surface area contributed by atoms with Crippen molar-refractivity contribution >= 4 is 23.2 Å². The molecule has 1 aromatic heterocycles. The van der Waals surface area contributed by atoms with Crippen LogP contribution in [0.15, 0.2) is 54.7 Å². The zero-order valence-corrected chi connectivity index (χ0v) is 12.5. The average Bonchev–Trinajstić information content (AvgIpc) is 3.06. The zero-order chi connectivity index (χ0) is 16.2. The fourth-order valence-corrected chi connectivity index (χ4v) is 2.04. The molecule has 0 aliphatic heterocycles. The molecule has 0 saturated carbocycles. The summed E-state index contributed by atoms with van der Waals surface area (Å²) < 4.78 is 1.49. The minimum atomic E-state index is -0.380. The van der Waals surface area contributed by atoms with E-state index in [1.807, 2.05) is 6.07 Å². The van der Waals surface area contributed by atoms with Gasteiger partial charge in [0, 0.05) is 10.7 Å². The van der Waals surface area contributed by atoms with E-state index in [1.54, 1.807) is 48.5 Å². The number of halogens is 1. The Bertz CT molecular complexity index is 878. The van der Waals surface area contributed by atoms with Gasteiger partial charge in [0.1, 0.15) is 0 Å². The number of benzene rings is 2. The molecule has 1 heterocycles. The maximum atomic E-state index is 12.2. The first kappa shape index (κ1) is 14.8. The van der Waals surface area contributed by atoms with Crippen LogP contribution >= 0.6 is 11.6 Å². The molecule has 0 atom stereocenters. The van der Waals surface area contributed by atoms with Gasteiger partial charge in [-0.15, -0.1) is 5.10 Å². The standard InChI is InChI=1S/C16H10ClN5O/c17-12-3-7-14(8-4-12)22-10-15(20-21-22)16(23)19-13-5-1-11(9-18)2-6-13/h1-8,10H,(H,19,23). The molecular weight excluding hydrogens is 314 g/mol. The normalized spacial score (nSPS) is 10.1. The Morgan fingerprint density at radius 2 is 1.83 bits per heavy atom. The van der Waals surface area contributed by atoms with Gasteiger partial charge in [-0.1, -0.05) is 16.8 Å². The lowest BCUT2D eigenvalue weighted by molar-refractivity contribution is 0.102. The molecule has 23 heavy (non-hydrogen) atoms. The van der Waals surface area contributed by atoms with E-state index in [9.17, 15) is 4.79 Å². The number of rotatable bonds is 3. The highest BCUT2D eigenvalue weighted by molar-refractivity contribution is 6.30. The molecule has 6 nitrogen and oxygen atoms in total. The van der Waals surface area contributed by atoms with Gasteiger partial charge in [-0.25, -0.2) is 4.68 Å². The Kier molecular flexibility index (Phi) is 4.04. The number of hydrogen-bond acceptors (Lipinski definition) is 4. The topological polar surface area (TPSA) is 83.6 Å². The van der Waals surface area contributed by atoms with Crippen molar-refractivity contribution in [1.82, 2.24) is 15.0 Å². The number of anilines is 1. The first-order chi connectivity index (χ1) is 11.2. The molecule has 0 aliphatic rings. The molecule has 0 spiro atoms. The van der Waals surface area contributed by atoms with Crippen molar-refractivity contribution in [2.24, 2.45) is 0 Å². The monoisotopic (exact) mass is 323 g/mol. The first-order valence-electron chi connectivity index (χ1n) is 6.65. The van der Waals surface area contributed by atoms with Crippen LogP contribution in [0.25, 0.3) is 5.69 Å². The largest absolute Gasteiger partial charge is 0.321 e. The van der Waals surface area contributed by atoms with Crippen molar-refractivity contribution < 1.29 is 4.79 Å². The quantitative estimate of drug-likeness (QED) is 0.803. The van der Waals surface area contributed by atoms with Crippen LogP contribution in [-0.2, 0) is 0 Å². The Hall–Kier alpha value is -3.17. The molecule has 112 valence electrons. The molecule has 2 aromatic carbocycles. The summed E-state index contributed by atoms with van der Waals surface area (Å²) in [4.78, 5) is 12.2. The first-order valence-corrected chi connectivity index (χ1v) is 7.03. The number of aromatic nitrogens is 3. The van der Waals surface area contributed by atoms with Crippen molar-refractivity contribution in [2.75, 3.05) is 5.32 Å². The van der Waals surface area contributed by atoms with Gasteiger partial charge in [-0.3, -0.25) is 4.79 Å². The van der Waals surface area contributed by atoms with E-state index < -0.39 is 0 Å². The van der Waals surface area contributed by atoms with Gasteiger partial charge in [0.2, 0.25) is 0 Å². The fraction of sp³-hybridized carbons (Fsp3) is 0. The second-order valence-electron chi connectivity index (χ2n) is 4.67. The Labute approximate surface area is 136 Å². The molecule has 1 amide bonds. The molecular formula is C16H10ClN5O.